The van der Waals surface area contributed by atoms with Crippen molar-refractivity contribution in [1.82, 2.24) is 14.9 Å². The van der Waals surface area contributed by atoms with Crippen LogP contribution in [-0.4, -0.2) is 31.1 Å². The van der Waals surface area contributed by atoms with Crippen LogP contribution >= 0.6 is 34.5 Å². The number of aromatic nitrogens is 2. The van der Waals surface area contributed by atoms with Crippen LogP contribution in [-0.2, 0) is 16.4 Å². The zero-order valence-corrected chi connectivity index (χ0v) is 17.4. The van der Waals surface area contributed by atoms with Gasteiger partial charge in [0.25, 0.3) is 15.9 Å². The number of hydrogen-bond acceptors (Lipinski definition) is 6. The first-order valence-electron chi connectivity index (χ1n) is 7.98. The Kier molecular flexibility index (Phi) is 6.63. The predicted molar refractivity (Wildman–Crippen MR) is 110 cm³/mol. The summed E-state index contributed by atoms with van der Waals surface area (Å²) in [6.07, 6.45) is 0.491. The molecule has 3 aromatic rings. The molecule has 0 aliphatic carbocycles. The maximum Gasteiger partial charge on any atom is 0.269 e. The van der Waals surface area contributed by atoms with E-state index < -0.39 is 15.9 Å². The van der Waals surface area contributed by atoms with E-state index in [0.29, 0.717) is 11.4 Å². The lowest BCUT2D eigenvalue weighted by Crippen LogP contribution is -2.25. The van der Waals surface area contributed by atoms with E-state index in [4.69, 9.17) is 23.2 Å². The molecular formula is C17H14Cl2N4O3S2. The van der Waals surface area contributed by atoms with Gasteiger partial charge in [-0.3, -0.25) is 10.1 Å². The van der Waals surface area contributed by atoms with E-state index in [1.807, 2.05) is 12.1 Å². The number of hydrogen-bond donors (Lipinski definition) is 2. The average molecular weight is 457 g/mol. The normalized spacial score (nSPS) is 11.4. The van der Waals surface area contributed by atoms with Gasteiger partial charge in [-0.05, 0) is 36.2 Å². The van der Waals surface area contributed by atoms with Crippen molar-refractivity contribution in [1.29, 1.82) is 0 Å². The molecular weight excluding hydrogens is 443 g/mol. The Morgan fingerprint density at radius 3 is 2.46 bits per heavy atom. The van der Waals surface area contributed by atoms with Crippen LogP contribution in [0.4, 0.5) is 5.13 Å². The van der Waals surface area contributed by atoms with Crippen LogP contribution in [0, 0.1) is 0 Å². The summed E-state index contributed by atoms with van der Waals surface area (Å²) >= 11 is 12.5. The number of benzene rings is 2. The van der Waals surface area contributed by atoms with Crippen molar-refractivity contribution in [3.63, 3.8) is 0 Å². The highest BCUT2D eigenvalue weighted by Gasteiger charge is 2.21. The number of sulfonamides is 1. The molecule has 0 saturated heterocycles. The summed E-state index contributed by atoms with van der Waals surface area (Å²) < 4.78 is 26.9. The van der Waals surface area contributed by atoms with Gasteiger partial charge < -0.3 is 0 Å². The smallest absolute Gasteiger partial charge is 0.269 e. The summed E-state index contributed by atoms with van der Waals surface area (Å²) in [5, 5.41) is 10.8. The Morgan fingerprint density at radius 2 is 1.75 bits per heavy atom. The molecule has 2 aromatic carbocycles. The number of amides is 1. The van der Waals surface area contributed by atoms with Gasteiger partial charge in [-0.15, -0.1) is 10.2 Å². The number of carbonyl (C=O) groups is 1. The molecule has 28 heavy (non-hydrogen) atoms. The highest BCUT2D eigenvalue weighted by Crippen LogP contribution is 2.22. The van der Waals surface area contributed by atoms with Crippen molar-refractivity contribution < 1.29 is 13.2 Å². The summed E-state index contributed by atoms with van der Waals surface area (Å²) in [6.45, 7) is 0.185. The van der Waals surface area contributed by atoms with E-state index >= 15 is 0 Å². The third kappa shape index (κ3) is 5.27. The SMILES string of the molecule is O=C(Nc1nnc(S(=O)(=O)NCCc2ccc(Cl)cc2)s1)c1ccccc1Cl. The fourth-order valence-corrected chi connectivity index (χ4v) is 4.54. The molecule has 1 aromatic heterocycles. The summed E-state index contributed by atoms with van der Waals surface area (Å²) in [5.74, 6) is -0.499. The van der Waals surface area contributed by atoms with Crippen molar-refractivity contribution in [3.8, 4) is 0 Å². The Morgan fingerprint density at radius 1 is 1.04 bits per heavy atom. The van der Waals surface area contributed by atoms with Gasteiger partial charge in [-0.25, -0.2) is 13.1 Å². The molecule has 0 unspecified atom stereocenters. The Hall–Kier alpha value is -2.04. The highest BCUT2D eigenvalue weighted by molar-refractivity contribution is 7.91. The molecule has 0 aliphatic rings. The van der Waals surface area contributed by atoms with Crippen molar-refractivity contribution in [3.05, 3.63) is 69.7 Å². The van der Waals surface area contributed by atoms with Crippen molar-refractivity contribution in [2.24, 2.45) is 0 Å². The van der Waals surface area contributed by atoms with Crippen LogP contribution < -0.4 is 10.0 Å². The van der Waals surface area contributed by atoms with Gasteiger partial charge in [0.15, 0.2) is 0 Å². The largest absolute Gasteiger partial charge is 0.296 e. The monoisotopic (exact) mass is 456 g/mol. The summed E-state index contributed by atoms with van der Waals surface area (Å²) in [6, 6.07) is 13.6. The minimum Gasteiger partial charge on any atom is -0.296 e. The maximum absolute atomic E-state index is 12.3. The molecule has 0 saturated carbocycles. The number of nitrogens with zero attached hydrogens (tertiary/aromatic N) is 2. The number of carbonyl (C=O) groups excluding carboxylic acids is 1. The van der Waals surface area contributed by atoms with Crippen LogP contribution in [0.15, 0.2) is 52.9 Å². The van der Waals surface area contributed by atoms with Gasteiger partial charge >= 0.3 is 0 Å². The second-order valence-electron chi connectivity index (χ2n) is 5.58. The number of rotatable bonds is 7. The van der Waals surface area contributed by atoms with Crippen LogP contribution in [0.25, 0.3) is 0 Å². The molecule has 1 heterocycles. The standard InChI is InChI=1S/C17H14Cl2N4O3S2/c18-12-7-5-11(6-8-12)9-10-20-28(25,26)17-23-22-16(27-17)21-15(24)13-3-1-2-4-14(13)19/h1-8,20H,9-10H2,(H,21,22,24). The van der Waals surface area contributed by atoms with Gasteiger partial charge in [0.05, 0.1) is 10.6 Å². The second-order valence-corrected chi connectivity index (χ2v) is 9.34. The molecule has 7 nitrogen and oxygen atoms in total. The van der Waals surface area contributed by atoms with E-state index in [2.05, 4.69) is 20.2 Å². The van der Waals surface area contributed by atoms with Crippen LogP contribution in [0.5, 0.6) is 0 Å². The Balaban J connectivity index is 1.61. The summed E-state index contributed by atoms with van der Waals surface area (Å²) in [5.41, 5.74) is 1.20. The van der Waals surface area contributed by atoms with Gasteiger partial charge in [0.1, 0.15) is 0 Å². The lowest BCUT2D eigenvalue weighted by atomic mass is 10.2. The van der Waals surface area contributed by atoms with E-state index in [1.54, 1.807) is 36.4 Å². The first-order chi connectivity index (χ1) is 13.3. The van der Waals surface area contributed by atoms with E-state index in [9.17, 15) is 13.2 Å². The van der Waals surface area contributed by atoms with Gasteiger partial charge in [0, 0.05) is 11.6 Å². The fourth-order valence-electron chi connectivity index (χ4n) is 2.22. The lowest BCUT2D eigenvalue weighted by Gasteiger charge is -2.04. The Bertz CT molecular complexity index is 1090. The fraction of sp³-hybridized carbons (Fsp3) is 0.118. The van der Waals surface area contributed by atoms with Gasteiger partial charge in [0.2, 0.25) is 9.47 Å². The van der Waals surface area contributed by atoms with Crippen molar-refractivity contribution in [2.75, 3.05) is 11.9 Å². The lowest BCUT2D eigenvalue weighted by molar-refractivity contribution is 0.102. The third-order valence-corrected chi connectivity index (χ3v) is 6.84. The molecule has 0 spiro atoms. The molecule has 0 radical (unpaired) electrons. The molecule has 0 fully saturated rings. The first-order valence-corrected chi connectivity index (χ1v) is 11.0. The highest BCUT2D eigenvalue weighted by atomic mass is 35.5. The second kappa shape index (κ2) is 8.97. The van der Waals surface area contributed by atoms with Gasteiger partial charge in [-0.1, -0.05) is 58.8 Å². The molecule has 3 rings (SSSR count). The number of anilines is 1. The number of nitrogens with one attached hydrogen (secondary N) is 2. The number of halogens is 2. The van der Waals surface area contributed by atoms with E-state index in [1.165, 1.54) is 0 Å². The summed E-state index contributed by atoms with van der Waals surface area (Å²) in [7, 11) is -3.83. The Labute approximate surface area is 175 Å². The van der Waals surface area contributed by atoms with Crippen LogP contribution in [0.3, 0.4) is 0 Å². The molecule has 0 bridgehead atoms. The van der Waals surface area contributed by atoms with E-state index in [-0.39, 0.29) is 26.6 Å². The van der Waals surface area contributed by atoms with Crippen LogP contribution in [0.1, 0.15) is 15.9 Å². The molecule has 146 valence electrons. The molecule has 11 heteroatoms. The predicted octanol–water partition coefficient (Wildman–Crippen LogP) is 3.62. The van der Waals surface area contributed by atoms with E-state index in [0.717, 1.165) is 16.9 Å². The molecule has 2 N–H and O–H groups in total. The molecule has 0 atom stereocenters. The topological polar surface area (TPSA) is 101 Å². The minimum atomic E-state index is -3.83. The molecule has 0 aliphatic heterocycles. The third-order valence-electron chi connectivity index (χ3n) is 3.59. The van der Waals surface area contributed by atoms with Crippen molar-refractivity contribution >= 4 is 55.6 Å². The van der Waals surface area contributed by atoms with Crippen molar-refractivity contribution in [2.45, 2.75) is 10.8 Å². The zero-order chi connectivity index (χ0) is 20.1. The maximum atomic E-state index is 12.3. The average Bonchev–Trinajstić information content (AvgIpc) is 3.13. The van der Waals surface area contributed by atoms with Crippen LogP contribution in [0.2, 0.25) is 10.0 Å². The minimum absolute atomic E-state index is 0.0583. The van der Waals surface area contributed by atoms with Gasteiger partial charge in [-0.2, -0.15) is 0 Å². The molecule has 1 amide bonds. The first kappa shape index (κ1) is 20.7. The zero-order valence-electron chi connectivity index (χ0n) is 14.2. The quantitative estimate of drug-likeness (QED) is 0.528. The summed E-state index contributed by atoms with van der Waals surface area (Å²) in [4.78, 5) is 12.2.